The summed E-state index contributed by atoms with van der Waals surface area (Å²) in [6, 6.07) is 8.36. The molecule has 146 valence electrons. The molecule has 3 aromatic rings. The Kier molecular flexibility index (Phi) is 4.07. The molecule has 1 saturated heterocycles. The summed E-state index contributed by atoms with van der Waals surface area (Å²) in [6.45, 7) is 8.38. The largest absolute Gasteiger partial charge is 0.355 e. The van der Waals surface area contributed by atoms with Crippen LogP contribution in [0.4, 0.5) is 5.82 Å². The molecule has 1 aliphatic carbocycles. The normalized spacial score (nSPS) is 18.8. The van der Waals surface area contributed by atoms with Gasteiger partial charge < -0.3 is 4.90 Å². The number of hydrogen-bond acceptors (Lipinski definition) is 6. The van der Waals surface area contributed by atoms with Crippen molar-refractivity contribution in [3.8, 4) is 0 Å². The van der Waals surface area contributed by atoms with Gasteiger partial charge in [0, 0.05) is 30.3 Å². The first-order valence-electron chi connectivity index (χ1n) is 10.3. The molecular weight excluding hydrogens is 350 g/mol. The molecule has 0 radical (unpaired) electrons. The molecule has 1 saturated carbocycles. The van der Waals surface area contributed by atoms with E-state index in [-0.39, 0.29) is 5.41 Å². The maximum atomic E-state index is 4.84. The number of aromatic nitrogens is 6. The van der Waals surface area contributed by atoms with E-state index in [4.69, 9.17) is 5.10 Å². The first kappa shape index (κ1) is 17.5. The first-order chi connectivity index (χ1) is 13.5. The van der Waals surface area contributed by atoms with E-state index >= 15 is 0 Å². The number of rotatable bonds is 3. The van der Waals surface area contributed by atoms with Crippen molar-refractivity contribution in [1.29, 1.82) is 0 Å². The van der Waals surface area contributed by atoms with Crippen molar-refractivity contribution in [1.82, 2.24) is 30.0 Å². The Bertz CT molecular complexity index is 974. The molecule has 7 nitrogen and oxygen atoms in total. The summed E-state index contributed by atoms with van der Waals surface area (Å²) in [5.41, 5.74) is 3.09. The average Bonchev–Trinajstić information content (AvgIpc) is 3.47. The van der Waals surface area contributed by atoms with E-state index in [0.29, 0.717) is 11.8 Å². The van der Waals surface area contributed by atoms with E-state index in [9.17, 15) is 0 Å². The Morgan fingerprint density at radius 1 is 0.821 bits per heavy atom. The molecule has 0 atom stereocenters. The number of anilines is 1. The average molecular weight is 377 g/mol. The standard InChI is InChI=1S/C21H27N7/c1-21(2,3)17-7-9-18(23-22-17)27-12-10-15(11-13-27)20-25-24-19-8-6-16(14-4-5-14)26-28(19)20/h6-9,14-15H,4-5,10-13H2,1-3H3. The molecule has 3 aromatic heterocycles. The second-order valence-electron chi connectivity index (χ2n) is 9.15. The fraction of sp³-hybridized carbons (Fsp3) is 0.571. The SMILES string of the molecule is CC(C)(C)c1ccc(N2CCC(c3nnc4ccc(C5CC5)nn34)CC2)nn1. The zero-order chi connectivity index (χ0) is 19.3. The van der Waals surface area contributed by atoms with Gasteiger partial charge in [-0.3, -0.25) is 0 Å². The van der Waals surface area contributed by atoms with Crippen molar-refractivity contribution in [2.75, 3.05) is 18.0 Å². The molecule has 0 bridgehead atoms. The summed E-state index contributed by atoms with van der Waals surface area (Å²) in [7, 11) is 0. The van der Waals surface area contributed by atoms with Crippen LogP contribution in [0.5, 0.6) is 0 Å². The van der Waals surface area contributed by atoms with E-state index in [1.54, 1.807) is 0 Å². The maximum absolute atomic E-state index is 4.84. The van der Waals surface area contributed by atoms with Crippen molar-refractivity contribution < 1.29 is 0 Å². The monoisotopic (exact) mass is 377 g/mol. The number of hydrogen-bond donors (Lipinski definition) is 0. The van der Waals surface area contributed by atoms with Gasteiger partial charge in [-0.15, -0.1) is 15.3 Å². The van der Waals surface area contributed by atoms with E-state index in [1.165, 1.54) is 18.5 Å². The van der Waals surface area contributed by atoms with Crippen LogP contribution in [0, 0.1) is 0 Å². The van der Waals surface area contributed by atoms with Gasteiger partial charge in [-0.1, -0.05) is 20.8 Å². The van der Waals surface area contributed by atoms with Crippen LogP contribution < -0.4 is 4.90 Å². The Morgan fingerprint density at radius 3 is 2.25 bits per heavy atom. The Balaban J connectivity index is 1.31. The second-order valence-corrected chi connectivity index (χ2v) is 9.15. The second kappa shape index (κ2) is 6.50. The van der Waals surface area contributed by atoms with Crippen LogP contribution >= 0.6 is 0 Å². The lowest BCUT2D eigenvalue weighted by atomic mass is 9.92. The number of piperidine rings is 1. The van der Waals surface area contributed by atoms with Crippen molar-refractivity contribution in [3.05, 3.63) is 41.5 Å². The van der Waals surface area contributed by atoms with Gasteiger partial charge in [-0.25, -0.2) is 0 Å². The fourth-order valence-corrected chi connectivity index (χ4v) is 3.93. The molecule has 7 heteroatoms. The van der Waals surface area contributed by atoms with Crippen molar-refractivity contribution in [3.63, 3.8) is 0 Å². The zero-order valence-electron chi connectivity index (χ0n) is 16.8. The van der Waals surface area contributed by atoms with E-state index in [1.807, 2.05) is 4.52 Å². The van der Waals surface area contributed by atoms with Gasteiger partial charge >= 0.3 is 0 Å². The molecular formula is C21H27N7. The van der Waals surface area contributed by atoms with E-state index in [2.05, 4.69) is 70.3 Å². The molecule has 2 aliphatic rings. The Morgan fingerprint density at radius 2 is 1.61 bits per heavy atom. The first-order valence-corrected chi connectivity index (χ1v) is 10.3. The van der Waals surface area contributed by atoms with Gasteiger partial charge in [-0.05, 0) is 49.9 Å². The molecule has 0 amide bonds. The molecule has 1 aliphatic heterocycles. The molecule has 4 heterocycles. The summed E-state index contributed by atoms with van der Waals surface area (Å²) in [5, 5.41) is 22.6. The van der Waals surface area contributed by atoms with E-state index in [0.717, 1.165) is 48.9 Å². The van der Waals surface area contributed by atoms with Gasteiger partial charge in [0.25, 0.3) is 0 Å². The van der Waals surface area contributed by atoms with Gasteiger partial charge in [0.2, 0.25) is 0 Å². The van der Waals surface area contributed by atoms with Crippen molar-refractivity contribution in [2.24, 2.45) is 0 Å². The van der Waals surface area contributed by atoms with Crippen LogP contribution in [-0.4, -0.2) is 43.1 Å². The predicted octanol–water partition coefficient (Wildman–Crippen LogP) is 3.47. The molecule has 0 spiro atoms. The summed E-state index contributed by atoms with van der Waals surface area (Å²) >= 11 is 0. The maximum Gasteiger partial charge on any atom is 0.177 e. The van der Waals surface area contributed by atoms with Gasteiger partial charge in [-0.2, -0.15) is 14.7 Å². The van der Waals surface area contributed by atoms with Gasteiger partial charge in [0.05, 0.1) is 11.4 Å². The van der Waals surface area contributed by atoms with Crippen LogP contribution in [0.2, 0.25) is 0 Å². The molecule has 2 fully saturated rings. The highest BCUT2D eigenvalue weighted by molar-refractivity contribution is 5.40. The zero-order valence-corrected chi connectivity index (χ0v) is 16.8. The predicted molar refractivity (Wildman–Crippen MR) is 108 cm³/mol. The highest BCUT2D eigenvalue weighted by Gasteiger charge is 2.29. The Labute approximate surface area is 165 Å². The molecule has 5 rings (SSSR count). The topological polar surface area (TPSA) is 72.1 Å². The third-order valence-electron chi connectivity index (χ3n) is 5.91. The van der Waals surface area contributed by atoms with Gasteiger partial charge in [0.1, 0.15) is 0 Å². The van der Waals surface area contributed by atoms with Crippen LogP contribution in [0.3, 0.4) is 0 Å². The highest BCUT2D eigenvalue weighted by atomic mass is 15.4. The van der Waals surface area contributed by atoms with Gasteiger partial charge in [0.15, 0.2) is 17.3 Å². The molecule has 0 unspecified atom stereocenters. The number of nitrogens with zero attached hydrogens (tertiary/aromatic N) is 7. The van der Waals surface area contributed by atoms with Crippen molar-refractivity contribution >= 4 is 11.5 Å². The lowest BCUT2D eigenvalue weighted by molar-refractivity contribution is 0.472. The van der Waals surface area contributed by atoms with Crippen LogP contribution in [0.15, 0.2) is 24.3 Å². The molecule has 0 N–H and O–H groups in total. The summed E-state index contributed by atoms with van der Waals surface area (Å²) < 4.78 is 1.98. The minimum absolute atomic E-state index is 0.0274. The van der Waals surface area contributed by atoms with Crippen molar-refractivity contribution in [2.45, 2.75) is 63.7 Å². The van der Waals surface area contributed by atoms with Crippen LogP contribution in [0.25, 0.3) is 5.65 Å². The van der Waals surface area contributed by atoms with Crippen LogP contribution in [0.1, 0.15) is 75.5 Å². The molecule has 28 heavy (non-hydrogen) atoms. The minimum atomic E-state index is 0.0274. The smallest absolute Gasteiger partial charge is 0.177 e. The summed E-state index contributed by atoms with van der Waals surface area (Å²) in [6.07, 6.45) is 4.56. The van der Waals surface area contributed by atoms with E-state index < -0.39 is 0 Å². The highest BCUT2D eigenvalue weighted by Crippen LogP contribution is 2.39. The Hall–Kier alpha value is -2.57. The minimum Gasteiger partial charge on any atom is -0.355 e. The fourth-order valence-electron chi connectivity index (χ4n) is 3.93. The summed E-state index contributed by atoms with van der Waals surface area (Å²) in [4.78, 5) is 2.32. The number of fused-ring (bicyclic) bond motifs is 1. The third-order valence-corrected chi connectivity index (χ3v) is 5.91. The lowest BCUT2D eigenvalue weighted by Gasteiger charge is -2.31. The van der Waals surface area contributed by atoms with Crippen LogP contribution in [-0.2, 0) is 5.41 Å². The molecule has 0 aromatic carbocycles. The summed E-state index contributed by atoms with van der Waals surface area (Å²) in [5.74, 6) is 2.99. The third kappa shape index (κ3) is 3.23. The quantitative estimate of drug-likeness (QED) is 0.696. The lowest BCUT2D eigenvalue weighted by Crippen LogP contribution is -2.34.